The van der Waals surface area contributed by atoms with E-state index in [1.54, 1.807) is 16.7 Å². The molecular formula is C12H17NOS2. The van der Waals surface area contributed by atoms with E-state index < -0.39 is 0 Å². The van der Waals surface area contributed by atoms with Crippen LogP contribution in [0.4, 0.5) is 0 Å². The first-order chi connectivity index (χ1) is 7.67. The van der Waals surface area contributed by atoms with Crippen molar-refractivity contribution < 1.29 is 4.79 Å². The Hall–Kier alpha value is -0.610. The number of carbonyl (C=O) groups excluding carboxylic acids is 1. The zero-order chi connectivity index (χ0) is 12.0. The van der Waals surface area contributed by atoms with E-state index >= 15 is 0 Å². The van der Waals surface area contributed by atoms with Gasteiger partial charge in [0.05, 0.1) is 0 Å². The van der Waals surface area contributed by atoms with Crippen molar-refractivity contribution in [2.24, 2.45) is 0 Å². The summed E-state index contributed by atoms with van der Waals surface area (Å²) in [4.78, 5) is 14.5. The van der Waals surface area contributed by atoms with Crippen LogP contribution in [-0.4, -0.2) is 29.9 Å². The van der Waals surface area contributed by atoms with Gasteiger partial charge in [-0.15, -0.1) is 11.8 Å². The Morgan fingerprint density at radius 3 is 2.50 bits per heavy atom. The average Bonchev–Trinajstić information content (AvgIpc) is 2.30. The van der Waals surface area contributed by atoms with Gasteiger partial charge in [-0.1, -0.05) is 12.1 Å². The number of amides is 1. The fourth-order valence-electron chi connectivity index (χ4n) is 1.38. The highest BCUT2D eigenvalue weighted by atomic mass is 32.2. The largest absolute Gasteiger partial charge is 0.341 e. The molecule has 0 saturated carbocycles. The van der Waals surface area contributed by atoms with Crippen molar-refractivity contribution in [3.8, 4) is 0 Å². The van der Waals surface area contributed by atoms with Gasteiger partial charge < -0.3 is 4.90 Å². The molecule has 0 atom stereocenters. The minimum absolute atomic E-state index is 0.143. The Morgan fingerprint density at radius 2 is 2.00 bits per heavy atom. The number of thiol groups is 1. The van der Waals surface area contributed by atoms with Crippen LogP contribution in [0.2, 0.25) is 0 Å². The molecule has 0 radical (unpaired) electrons. The number of rotatable bonds is 5. The van der Waals surface area contributed by atoms with Gasteiger partial charge in [-0.2, -0.15) is 12.6 Å². The van der Waals surface area contributed by atoms with E-state index in [2.05, 4.69) is 43.2 Å². The van der Waals surface area contributed by atoms with Gasteiger partial charge in [0.1, 0.15) is 0 Å². The van der Waals surface area contributed by atoms with Crippen LogP contribution in [0.5, 0.6) is 0 Å². The summed E-state index contributed by atoms with van der Waals surface area (Å²) in [5, 5.41) is 0. The Bertz CT molecular complexity index is 337. The molecule has 0 fully saturated rings. The molecule has 0 N–H and O–H groups in total. The number of hydrogen-bond acceptors (Lipinski definition) is 3. The minimum Gasteiger partial charge on any atom is -0.341 e. The lowest BCUT2D eigenvalue weighted by Crippen LogP contribution is -2.26. The van der Waals surface area contributed by atoms with Gasteiger partial charge in [0.25, 0.3) is 0 Å². The fraction of sp³-hybridized carbons (Fsp3) is 0.417. The topological polar surface area (TPSA) is 20.3 Å². The molecule has 4 heteroatoms. The highest BCUT2D eigenvalue weighted by Crippen LogP contribution is 2.15. The molecule has 2 nitrogen and oxygen atoms in total. The molecule has 0 heterocycles. The van der Waals surface area contributed by atoms with Gasteiger partial charge in [-0.3, -0.25) is 4.79 Å². The van der Waals surface area contributed by atoms with E-state index in [0.717, 1.165) is 5.56 Å². The summed E-state index contributed by atoms with van der Waals surface area (Å²) < 4.78 is 0. The summed E-state index contributed by atoms with van der Waals surface area (Å²) in [7, 11) is 1.83. The van der Waals surface area contributed by atoms with Crippen LogP contribution in [0.1, 0.15) is 12.0 Å². The van der Waals surface area contributed by atoms with E-state index in [4.69, 9.17) is 0 Å². The van der Waals surface area contributed by atoms with Crippen molar-refractivity contribution in [1.29, 1.82) is 0 Å². The molecule has 0 bridgehead atoms. The van der Waals surface area contributed by atoms with Crippen molar-refractivity contribution in [2.45, 2.75) is 17.9 Å². The Balaban J connectivity index is 2.55. The molecule has 1 rings (SSSR count). The van der Waals surface area contributed by atoms with Crippen molar-refractivity contribution in [1.82, 2.24) is 4.90 Å². The summed E-state index contributed by atoms with van der Waals surface area (Å²) in [5.74, 6) is 0.748. The number of benzene rings is 1. The molecule has 16 heavy (non-hydrogen) atoms. The van der Waals surface area contributed by atoms with Gasteiger partial charge in [0.2, 0.25) is 5.91 Å². The highest BCUT2D eigenvalue weighted by Gasteiger charge is 2.07. The SMILES string of the molecule is CSc1ccc(CN(C)C(=O)CCS)cc1. The van der Waals surface area contributed by atoms with Crippen LogP contribution >= 0.6 is 24.4 Å². The smallest absolute Gasteiger partial charge is 0.223 e. The second kappa shape index (κ2) is 6.86. The van der Waals surface area contributed by atoms with E-state index in [0.29, 0.717) is 18.7 Å². The third-order valence-electron chi connectivity index (χ3n) is 2.33. The van der Waals surface area contributed by atoms with E-state index in [9.17, 15) is 4.79 Å². The molecule has 0 aliphatic rings. The fourth-order valence-corrected chi connectivity index (χ4v) is 1.98. The zero-order valence-corrected chi connectivity index (χ0v) is 11.4. The lowest BCUT2D eigenvalue weighted by Gasteiger charge is -2.16. The van der Waals surface area contributed by atoms with E-state index in [1.165, 1.54) is 4.90 Å². The normalized spacial score (nSPS) is 10.2. The molecule has 0 unspecified atom stereocenters. The number of hydrogen-bond donors (Lipinski definition) is 1. The minimum atomic E-state index is 0.143. The Morgan fingerprint density at radius 1 is 1.38 bits per heavy atom. The van der Waals surface area contributed by atoms with Crippen LogP contribution in [0.15, 0.2) is 29.2 Å². The summed E-state index contributed by atoms with van der Waals surface area (Å²) in [5.41, 5.74) is 1.16. The molecule has 0 saturated heterocycles. The molecule has 1 aromatic carbocycles. The van der Waals surface area contributed by atoms with Crippen molar-refractivity contribution in [3.05, 3.63) is 29.8 Å². The second-order valence-electron chi connectivity index (χ2n) is 3.57. The molecule has 0 aliphatic carbocycles. The highest BCUT2D eigenvalue weighted by molar-refractivity contribution is 7.98. The zero-order valence-electron chi connectivity index (χ0n) is 9.64. The molecule has 0 aromatic heterocycles. The van der Waals surface area contributed by atoms with Gasteiger partial charge >= 0.3 is 0 Å². The monoisotopic (exact) mass is 255 g/mol. The van der Waals surface area contributed by atoms with Crippen molar-refractivity contribution in [2.75, 3.05) is 19.1 Å². The van der Waals surface area contributed by atoms with Gasteiger partial charge in [-0.05, 0) is 29.7 Å². The molecule has 0 aliphatic heterocycles. The standard InChI is InChI=1S/C12H17NOS2/c1-13(12(14)7-8-15)9-10-3-5-11(16-2)6-4-10/h3-6,15H,7-9H2,1-2H3. The van der Waals surface area contributed by atoms with Crippen LogP contribution in [0.3, 0.4) is 0 Å². The maximum atomic E-state index is 11.5. The third-order valence-corrected chi connectivity index (χ3v) is 3.30. The lowest BCUT2D eigenvalue weighted by molar-refractivity contribution is -0.129. The van der Waals surface area contributed by atoms with Crippen LogP contribution in [0.25, 0.3) is 0 Å². The Kier molecular flexibility index (Phi) is 5.77. The first-order valence-corrected chi connectivity index (χ1v) is 7.01. The second-order valence-corrected chi connectivity index (χ2v) is 4.90. The molecule has 1 aromatic rings. The summed E-state index contributed by atoms with van der Waals surface area (Å²) in [6, 6.07) is 8.29. The first-order valence-electron chi connectivity index (χ1n) is 5.15. The molecule has 1 amide bonds. The average molecular weight is 255 g/mol. The van der Waals surface area contributed by atoms with E-state index in [1.807, 2.05) is 7.05 Å². The van der Waals surface area contributed by atoms with E-state index in [-0.39, 0.29) is 5.91 Å². The maximum absolute atomic E-state index is 11.5. The van der Waals surface area contributed by atoms with Gasteiger partial charge in [0.15, 0.2) is 0 Å². The summed E-state index contributed by atoms with van der Waals surface area (Å²) in [6.45, 7) is 0.668. The number of thioether (sulfide) groups is 1. The Labute approximate surface area is 107 Å². The summed E-state index contributed by atoms with van der Waals surface area (Å²) in [6.07, 6.45) is 2.56. The van der Waals surface area contributed by atoms with Crippen LogP contribution in [-0.2, 0) is 11.3 Å². The maximum Gasteiger partial charge on any atom is 0.223 e. The molecule has 0 spiro atoms. The van der Waals surface area contributed by atoms with Crippen LogP contribution in [0, 0.1) is 0 Å². The lowest BCUT2D eigenvalue weighted by atomic mass is 10.2. The van der Waals surface area contributed by atoms with Crippen molar-refractivity contribution in [3.63, 3.8) is 0 Å². The quantitative estimate of drug-likeness (QED) is 0.645. The van der Waals surface area contributed by atoms with Gasteiger partial charge in [-0.25, -0.2) is 0 Å². The predicted octanol–water partition coefficient (Wildman–Crippen LogP) is 2.69. The summed E-state index contributed by atoms with van der Waals surface area (Å²) >= 11 is 5.78. The van der Waals surface area contributed by atoms with Gasteiger partial charge in [0, 0.05) is 24.9 Å². The van der Waals surface area contributed by atoms with Crippen LogP contribution < -0.4 is 0 Å². The predicted molar refractivity (Wildman–Crippen MR) is 73.2 cm³/mol. The number of carbonyl (C=O) groups is 1. The molecule has 88 valence electrons. The third kappa shape index (κ3) is 4.10. The molecular weight excluding hydrogens is 238 g/mol. The van der Waals surface area contributed by atoms with Crippen molar-refractivity contribution >= 4 is 30.3 Å². The number of nitrogens with zero attached hydrogens (tertiary/aromatic N) is 1. The first kappa shape index (κ1) is 13.5.